The number of likely N-dealkylation sites (tertiary alicyclic amines) is 1. The van der Waals surface area contributed by atoms with Crippen LogP contribution in [0.4, 0.5) is 0 Å². The minimum atomic E-state index is -0.207. The van der Waals surface area contributed by atoms with Gasteiger partial charge in [-0.05, 0) is 37.0 Å². The van der Waals surface area contributed by atoms with E-state index in [2.05, 4.69) is 17.5 Å². The first-order valence-electron chi connectivity index (χ1n) is 9.95. The Morgan fingerprint density at radius 2 is 1.68 bits per heavy atom. The summed E-state index contributed by atoms with van der Waals surface area (Å²) in [6, 6.07) is 0. The highest BCUT2D eigenvalue weighted by molar-refractivity contribution is 6.08. The van der Waals surface area contributed by atoms with Gasteiger partial charge in [-0.3, -0.25) is 19.3 Å². The lowest BCUT2D eigenvalue weighted by molar-refractivity contribution is -0.144. The van der Waals surface area contributed by atoms with Gasteiger partial charge in [0.15, 0.2) is 0 Å². The van der Waals surface area contributed by atoms with Gasteiger partial charge in [-0.1, -0.05) is 44.3 Å². The van der Waals surface area contributed by atoms with Crippen LogP contribution in [0, 0.1) is 29.6 Å². The fourth-order valence-electron chi connectivity index (χ4n) is 5.41. The molecule has 3 fully saturated rings. The zero-order valence-corrected chi connectivity index (χ0v) is 14.8. The van der Waals surface area contributed by atoms with Gasteiger partial charge < -0.3 is 5.32 Å². The first-order chi connectivity index (χ1) is 12.1. The van der Waals surface area contributed by atoms with E-state index in [1.807, 2.05) is 0 Å². The maximum atomic E-state index is 12.6. The summed E-state index contributed by atoms with van der Waals surface area (Å²) >= 11 is 0. The molecule has 2 saturated carbocycles. The topological polar surface area (TPSA) is 66.5 Å². The summed E-state index contributed by atoms with van der Waals surface area (Å²) in [4.78, 5) is 38.5. The smallest absolute Gasteiger partial charge is 0.240 e. The number of imide groups is 1. The Morgan fingerprint density at radius 1 is 1.04 bits per heavy atom. The second kappa shape index (κ2) is 6.93. The van der Waals surface area contributed by atoms with Crippen molar-refractivity contribution >= 4 is 17.7 Å². The van der Waals surface area contributed by atoms with Crippen LogP contribution in [0.1, 0.15) is 51.4 Å². The summed E-state index contributed by atoms with van der Waals surface area (Å²) in [5.41, 5.74) is 0. The van der Waals surface area contributed by atoms with Crippen LogP contribution in [0.3, 0.4) is 0 Å². The van der Waals surface area contributed by atoms with Gasteiger partial charge in [-0.25, -0.2) is 0 Å². The number of nitrogens with zero attached hydrogens (tertiary/aromatic N) is 1. The van der Waals surface area contributed by atoms with Crippen molar-refractivity contribution in [2.75, 3.05) is 13.1 Å². The number of rotatable bonds is 6. The van der Waals surface area contributed by atoms with Crippen LogP contribution in [0.15, 0.2) is 12.2 Å². The van der Waals surface area contributed by atoms with Crippen LogP contribution in [0.5, 0.6) is 0 Å². The third-order valence-corrected chi connectivity index (χ3v) is 6.70. The van der Waals surface area contributed by atoms with Crippen LogP contribution in [-0.2, 0) is 14.4 Å². The standard InChI is InChI=1S/C20H28N2O3/c23-16(21-10-4-7-13-5-2-1-3-6-13)12-22-19(24)17-14-8-9-15(11-14)18(17)20(22)25/h8-9,13-15,17-18H,1-7,10-12H2,(H,21,23). The van der Waals surface area contributed by atoms with E-state index in [1.54, 1.807) is 0 Å². The number of fused-ring (bicyclic) bond motifs is 5. The van der Waals surface area contributed by atoms with Gasteiger partial charge in [-0.15, -0.1) is 0 Å². The SMILES string of the molecule is O=C(CN1C(=O)C2C3C=CC(C3)C2C1=O)NCCCC1CCCCC1. The summed E-state index contributed by atoms with van der Waals surface area (Å²) in [5.74, 6) is 0.335. The first-order valence-corrected chi connectivity index (χ1v) is 9.95. The van der Waals surface area contributed by atoms with Crippen molar-refractivity contribution in [3.63, 3.8) is 0 Å². The molecule has 25 heavy (non-hydrogen) atoms. The third kappa shape index (κ3) is 3.13. The van der Waals surface area contributed by atoms with Gasteiger partial charge in [0, 0.05) is 6.54 Å². The minimum absolute atomic E-state index is 0.104. The molecule has 4 atom stereocenters. The highest BCUT2D eigenvalue weighted by Gasteiger charge is 2.59. The lowest BCUT2D eigenvalue weighted by Gasteiger charge is -2.21. The molecule has 0 spiro atoms. The Labute approximate surface area is 149 Å². The van der Waals surface area contributed by atoms with E-state index in [0.717, 1.165) is 18.8 Å². The van der Waals surface area contributed by atoms with Gasteiger partial charge in [0.1, 0.15) is 6.54 Å². The fourth-order valence-corrected chi connectivity index (χ4v) is 5.41. The summed E-state index contributed by atoms with van der Waals surface area (Å²) in [5, 5.41) is 2.89. The number of nitrogens with one attached hydrogen (secondary N) is 1. The Balaban J connectivity index is 1.22. The summed E-state index contributed by atoms with van der Waals surface area (Å²) in [7, 11) is 0. The molecule has 0 aromatic heterocycles. The van der Waals surface area contributed by atoms with E-state index in [1.165, 1.54) is 43.4 Å². The van der Waals surface area contributed by atoms with Crippen LogP contribution < -0.4 is 5.32 Å². The Bertz CT molecular complexity index is 564. The molecule has 0 aromatic rings. The van der Waals surface area contributed by atoms with Gasteiger partial charge in [0.25, 0.3) is 0 Å². The zero-order chi connectivity index (χ0) is 17.4. The largest absolute Gasteiger partial charge is 0.355 e. The van der Waals surface area contributed by atoms with Crippen LogP contribution in [0.25, 0.3) is 0 Å². The summed E-state index contributed by atoms with van der Waals surface area (Å²) < 4.78 is 0. The molecule has 5 nitrogen and oxygen atoms in total. The molecule has 0 aromatic carbocycles. The van der Waals surface area contributed by atoms with E-state index >= 15 is 0 Å². The molecular formula is C20H28N2O3. The predicted molar refractivity (Wildman–Crippen MR) is 93.3 cm³/mol. The van der Waals surface area contributed by atoms with Crippen molar-refractivity contribution in [1.82, 2.24) is 10.2 Å². The van der Waals surface area contributed by atoms with Crippen LogP contribution >= 0.6 is 0 Å². The molecule has 1 aliphatic heterocycles. The molecule has 0 radical (unpaired) electrons. The van der Waals surface area contributed by atoms with Crippen molar-refractivity contribution in [3.8, 4) is 0 Å². The fraction of sp³-hybridized carbons (Fsp3) is 0.750. The Morgan fingerprint density at radius 3 is 2.32 bits per heavy atom. The molecule has 3 amide bonds. The molecular weight excluding hydrogens is 316 g/mol. The van der Waals surface area contributed by atoms with E-state index in [0.29, 0.717) is 6.54 Å². The molecule has 1 saturated heterocycles. The van der Waals surface area contributed by atoms with Crippen molar-refractivity contribution in [1.29, 1.82) is 0 Å². The summed E-state index contributed by atoms with van der Waals surface area (Å²) in [6.45, 7) is 0.540. The number of carbonyl (C=O) groups excluding carboxylic acids is 3. The molecule has 4 aliphatic rings. The molecule has 2 bridgehead atoms. The zero-order valence-electron chi connectivity index (χ0n) is 14.8. The molecule has 3 aliphatic carbocycles. The normalized spacial score (nSPS) is 34.0. The van der Waals surface area contributed by atoms with Crippen molar-refractivity contribution in [3.05, 3.63) is 12.2 Å². The number of hydrogen-bond acceptors (Lipinski definition) is 3. The van der Waals surface area contributed by atoms with Crippen molar-refractivity contribution in [2.24, 2.45) is 29.6 Å². The number of amides is 3. The van der Waals surface area contributed by atoms with E-state index in [9.17, 15) is 14.4 Å². The average molecular weight is 344 g/mol. The quantitative estimate of drug-likeness (QED) is 0.457. The molecule has 1 N–H and O–H groups in total. The molecule has 136 valence electrons. The highest BCUT2D eigenvalue weighted by atomic mass is 16.2. The van der Waals surface area contributed by atoms with Crippen LogP contribution in [0.2, 0.25) is 0 Å². The van der Waals surface area contributed by atoms with E-state index in [-0.39, 0.29) is 47.9 Å². The Kier molecular flexibility index (Phi) is 4.65. The molecule has 4 unspecified atom stereocenters. The number of allylic oxidation sites excluding steroid dienone is 2. The molecule has 1 heterocycles. The van der Waals surface area contributed by atoms with Crippen molar-refractivity contribution < 1.29 is 14.4 Å². The van der Waals surface area contributed by atoms with Gasteiger partial charge in [0.05, 0.1) is 11.8 Å². The lowest BCUT2D eigenvalue weighted by atomic mass is 9.85. The highest BCUT2D eigenvalue weighted by Crippen LogP contribution is 2.52. The average Bonchev–Trinajstić information content (AvgIpc) is 3.30. The second-order valence-electron chi connectivity index (χ2n) is 8.26. The third-order valence-electron chi connectivity index (χ3n) is 6.70. The van der Waals surface area contributed by atoms with Crippen LogP contribution in [-0.4, -0.2) is 35.7 Å². The molecule has 5 heteroatoms. The Hall–Kier alpha value is -1.65. The molecule has 4 rings (SSSR count). The van der Waals surface area contributed by atoms with Gasteiger partial charge in [0.2, 0.25) is 17.7 Å². The maximum Gasteiger partial charge on any atom is 0.240 e. The van der Waals surface area contributed by atoms with E-state index < -0.39 is 0 Å². The predicted octanol–water partition coefficient (Wildman–Crippen LogP) is 2.27. The monoisotopic (exact) mass is 344 g/mol. The number of carbonyl (C=O) groups is 3. The second-order valence-corrected chi connectivity index (χ2v) is 8.26. The lowest BCUT2D eigenvalue weighted by Crippen LogP contribution is -2.42. The number of hydrogen-bond donors (Lipinski definition) is 1. The van der Waals surface area contributed by atoms with Gasteiger partial charge in [-0.2, -0.15) is 0 Å². The van der Waals surface area contributed by atoms with Crippen molar-refractivity contribution in [2.45, 2.75) is 51.4 Å². The first kappa shape index (κ1) is 16.8. The minimum Gasteiger partial charge on any atom is -0.355 e. The van der Waals surface area contributed by atoms with E-state index in [4.69, 9.17) is 0 Å². The van der Waals surface area contributed by atoms with Gasteiger partial charge >= 0.3 is 0 Å². The summed E-state index contributed by atoms with van der Waals surface area (Å²) in [6.07, 6.45) is 13.9. The maximum absolute atomic E-state index is 12.6.